The predicted molar refractivity (Wildman–Crippen MR) is 103 cm³/mol. The fourth-order valence-corrected chi connectivity index (χ4v) is 2.70. The van der Waals surface area contributed by atoms with Gasteiger partial charge in [0.15, 0.2) is 0 Å². The number of benzene rings is 2. The van der Waals surface area contributed by atoms with Gasteiger partial charge in [0.05, 0.1) is 22.5 Å². The first-order chi connectivity index (χ1) is 14.9. The summed E-state index contributed by atoms with van der Waals surface area (Å²) in [5.74, 6) is -1.61. The van der Waals surface area contributed by atoms with Crippen LogP contribution in [0.5, 0.6) is 0 Å². The number of carboxylic acid groups (broad SMARTS) is 1. The molecule has 0 spiro atoms. The van der Waals surface area contributed by atoms with Crippen molar-refractivity contribution in [1.82, 2.24) is 9.97 Å². The molecular weight excluding hydrogens is 442 g/mol. The molecule has 0 aliphatic heterocycles. The van der Waals surface area contributed by atoms with E-state index in [1.807, 2.05) is 0 Å². The zero-order valence-corrected chi connectivity index (χ0v) is 15.9. The molecule has 3 aromatic rings. The van der Waals surface area contributed by atoms with Gasteiger partial charge in [-0.25, -0.2) is 4.98 Å². The van der Waals surface area contributed by atoms with E-state index in [1.54, 1.807) is 30.3 Å². The Kier molecular flexibility index (Phi) is 6.23. The van der Waals surface area contributed by atoms with E-state index in [4.69, 9.17) is 5.11 Å². The highest BCUT2D eigenvalue weighted by Crippen LogP contribution is 2.40. The fraction of sp³-hybridized carbons (Fsp3) is 0.150. The highest BCUT2D eigenvalue weighted by molar-refractivity contribution is 5.73. The van der Waals surface area contributed by atoms with Crippen LogP contribution in [-0.4, -0.2) is 27.6 Å². The molecule has 168 valence electrons. The summed E-state index contributed by atoms with van der Waals surface area (Å²) in [5.41, 5.74) is -2.84. The van der Waals surface area contributed by atoms with Crippen LogP contribution in [0.2, 0.25) is 0 Å². The number of carbonyl (C=O) groups is 1. The van der Waals surface area contributed by atoms with Crippen molar-refractivity contribution >= 4 is 23.4 Å². The van der Waals surface area contributed by atoms with Crippen LogP contribution in [0.4, 0.5) is 43.8 Å². The normalized spacial score (nSPS) is 11.8. The number of hydrogen-bond acceptors (Lipinski definition) is 5. The smallest absolute Gasteiger partial charge is 0.418 e. The van der Waals surface area contributed by atoms with Crippen LogP contribution < -0.4 is 10.6 Å². The van der Waals surface area contributed by atoms with Gasteiger partial charge in [0, 0.05) is 11.6 Å². The Morgan fingerprint density at radius 1 is 0.906 bits per heavy atom. The van der Waals surface area contributed by atoms with Crippen molar-refractivity contribution in [3.05, 3.63) is 65.7 Å². The molecule has 0 bridgehead atoms. The molecule has 0 saturated carbocycles. The van der Waals surface area contributed by atoms with Gasteiger partial charge in [0.25, 0.3) is 0 Å². The molecule has 0 aliphatic rings. The van der Waals surface area contributed by atoms with Gasteiger partial charge in [-0.15, -0.1) is 0 Å². The lowest BCUT2D eigenvalue weighted by Crippen LogP contribution is -2.16. The van der Waals surface area contributed by atoms with Crippen molar-refractivity contribution in [2.75, 3.05) is 17.2 Å². The number of aromatic nitrogens is 2. The SMILES string of the molecule is O=C(O)CNc1nc(Nc2ccc(C(F)(F)F)cc2C(F)(F)F)cc(-c2ccccc2)n1. The molecule has 0 saturated heterocycles. The molecule has 0 unspecified atom stereocenters. The molecule has 32 heavy (non-hydrogen) atoms. The number of nitrogens with one attached hydrogen (secondary N) is 2. The van der Waals surface area contributed by atoms with Gasteiger partial charge in [-0.2, -0.15) is 31.3 Å². The highest BCUT2D eigenvalue weighted by atomic mass is 19.4. The molecule has 3 rings (SSSR count). The van der Waals surface area contributed by atoms with Gasteiger partial charge in [-0.3, -0.25) is 4.79 Å². The zero-order valence-electron chi connectivity index (χ0n) is 15.9. The standard InChI is InChI=1S/C20H14F6N4O2/c21-19(22,23)12-6-7-14(13(8-12)20(24,25)26)28-16-9-15(11-4-2-1-3-5-11)29-18(30-16)27-10-17(31)32/h1-9H,10H2,(H,31,32)(H2,27,28,29,30). The van der Waals surface area contributed by atoms with E-state index in [0.717, 1.165) is 0 Å². The summed E-state index contributed by atoms with van der Waals surface area (Å²) in [5, 5.41) is 13.6. The Morgan fingerprint density at radius 2 is 1.59 bits per heavy atom. The van der Waals surface area contributed by atoms with Crippen molar-refractivity contribution in [2.24, 2.45) is 0 Å². The molecule has 0 radical (unpaired) electrons. The molecule has 6 nitrogen and oxygen atoms in total. The number of nitrogens with zero attached hydrogens (tertiary/aromatic N) is 2. The van der Waals surface area contributed by atoms with E-state index < -0.39 is 41.7 Å². The van der Waals surface area contributed by atoms with Crippen LogP contribution in [-0.2, 0) is 17.1 Å². The minimum Gasteiger partial charge on any atom is -0.480 e. The van der Waals surface area contributed by atoms with E-state index in [9.17, 15) is 31.1 Å². The second-order valence-electron chi connectivity index (χ2n) is 6.46. The number of hydrogen-bond donors (Lipinski definition) is 3. The lowest BCUT2D eigenvalue weighted by Gasteiger charge is -2.17. The van der Waals surface area contributed by atoms with Crippen molar-refractivity contribution < 1.29 is 36.2 Å². The van der Waals surface area contributed by atoms with Gasteiger partial charge < -0.3 is 15.7 Å². The molecule has 0 aliphatic carbocycles. The van der Waals surface area contributed by atoms with E-state index >= 15 is 0 Å². The maximum Gasteiger partial charge on any atom is 0.418 e. The van der Waals surface area contributed by atoms with E-state index in [2.05, 4.69) is 20.6 Å². The van der Waals surface area contributed by atoms with Crippen molar-refractivity contribution in [2.45, 2.75) is 12.4 Å². The molecule has 0 amide bonds. The first-order valence-corrected chi connectivity index (χ1v) is 8.89. The maximum absolute atomic E-state index is 13.4. The first kappa shape index (κ1) is 22.8. The van der Waals surface area contributed by atoms with Gasteiger partial charge in [0.2, 0.25) is 5.95 Å². The van der Waals surface area contributed by atoms with Gasteiger partial charge in [0.1, 0.15) is 12.4 Å². The second-order valence-corrected chi connectivity index (χ2v) is 6.46. The monoisotopic (exact) mass is 456 g/mol. The van der Waals surface area contributed by atoms with Crippen LogP contribution >= 0.6 is 0 Å². The lowest BCUT2D eigenvalue weighted by molar-refractivity contribution is -0.142. The van der Waals surface area contributed by atoms with Crippen LogP contribution in [0, 0.1) is 0 Å². The third-order valence-electron chi connectivity index (χ3n) is 4.11. The van der Waals surface area contributed by atoms with E-state index in [1.165, 1.54) is 6.07 Å². The largest absolute Gasteiger partial charge is 0.480 e. The highest BCUT2D eigenvalue weighted by Gasteiger charge is 2.38. The quantitative estimate of drug-likeness (QED) is 0.430. The Balaban J connectivity index is 2.05. The molecule has 1 heterocycles. The van der Waals surface area contributed by atoms with Crippen molar-refractivity contribution in [3.63, 3.8) is 0 Å². The Bertz CT molecular complexity index is 1120. The number of halogens is 6. The van der Waals surface area contributed by atoms with E-state index in [0.29, 0.717) is 17.7 Å². The number of aliphatic carboxylic acids is 1. The number of carboxylic acids is 1. The Labute approximate surface area is 176 Å². The molecule has 0 fully saturated rings. The van der Waals surface area contributed by atoms with Gasteiger partial charge >= 0.3 is 18.3 Å². The summed E-state index contributed by atoms with van der Waals surface area (Å²) in [6.45, 7) is -0.564. The summed E-state index contributed by atoms with van der Waals surface area (Å²) in [6, 6.07) is 10.9. The fourth-order valence-electron chi connectivity index (χ4n) is 2.70. The van der Waals surface area contributed by atoms with Crippen LogP contribution in [0.15, 0.2) is 54.6 Å². The zero-order chi connectivity index (χ0) is 23.5. The minimum atomic E-state index is -5.08. The maximum atomic E-state index is 13.4. The molecule has 0 atom stereocenters. The van der Waals surface area contributed by atoms with E-state index in [-0.39, 0.29) is 23.5 Å². The average molecular weight is 456 g/mol. The van der Waals surface area contributed by atoms with Gasteiger partial charge in [-0.1, -0.05) is 30.3 Å². The van der Waals surface area contributed by atoms with Crippen molar-refractivity contribution in [1.29, 1.82) is 0 Å². The summed E-state index contributed by atoms with van der Waals surface area (Å²) in [7, 11) is 0. The summed E-state index contributed by atoms with van der Waals surface area (Å²) in [4.78, 5) is 18.9. The summed E-state index contributed by atoms with van der Waals surface area (Å²) in [6.07, 6.45) is -10.0. The Morgan fingerprint density at radius 3 is 2.19 bits per heavy atom. The molecule has 2 aromatic carbocycles. The lowest BCUT2D eigenvalue weighted by atomic mass is 10.1. The topological polar surface area (TPSA) is 87.1 Å². The van der Waals surface area contributed by atoms with Crippen LogP contribution in [0.3, 0.4) is 0 Å². The number of alkyl halides is 6. The van der Waals surface area contributed by atoms with Crippen molar-refractivity contribution in [3.8, 4) is 11.3 Å². The molecule has 1 aromatic heterocycles. The summed E-state index contributed by atoms with van der Waals surface area (Å²) >= 11 is 0. The minimum absolute atomic E-state index is 0.00518. The molecular formula is C20H14F6N4O2. The van der Waals surface area contributed by atoms with Gasteiger partial charge in [-0.05, 0) is 18.2 Å². The summed E-state index contributed by atoms with van der Waals surface area (Å²) < 4.78 is 79.0. The first-order valence-electron chi connectivity index (χ1n) is 8.89. The molecule has 12 heteroatoms. The van der Waals surface area contributed by atoms with Crippen LogP contribution in [0.25, 0.3) is 11.3 Å². The second kappa shape index (κ2) is 8.73. The number of anilines is 3. The molecule has 3 N–H and O–H groups in total. The predicted octanol–water partition coefficient (Wildman–Crippen LogP) is 5.42. The third kappa shape index (κ3) is 5.65. The van der Waals surface area contributed by atoms with Crippen LogP contribution in [0.1, 0.15) is 11.1 Å². The third-order valence-corrected chi connectivity index (χ3v) is 4.11. The average Bonchev–Trinajstić information content (AvgIpc) is 2.71. The Hall–Kier alpha value is -3.83. The number of rotatable bonds is 6.